The minimum Gasteiger partial charge on any atom is -0.461 e. The smallest absolute Gasteiger partial charge is 0.306 e. The van der Waals surface area contributed by atoms with Crippen molar-refractivity contribution in [1.29, 1.82) is 0 Å². The number of hydrogen-bond donors (Lipinski definition) is 0. The van der Waals surface area contributed by atoms with E-state index >= 15 is 0 Å². The van der Waals surface area contributed by atoms with E-state index in [0.29, 0.717) is 32.7 Å². The second-order valence-corrected chi connectivity index (χ2v) is 32.8. The molecule has 0 N–H and O–H groups in total. The van der Waals surface area contributed by atoms with Gasteiger partial charge < -0.3 is 28.0 Å². The lowest BCUT2D eigenvalue weighted by molar-refractivity contribution is -0.146. The molecule has 0 aliphatic carbocycles. The predicted molar refractivity (Wildman–Crippen MR) is 314 cm³/mol. The third-order valence-corrected chi connectivity index (χ3v) is 24.5. The highest BCUT2D eigenvalue weighted by molar-refractivity contribution is 6.74. The Bertz CT molecular complexity index is 2260. The zero-order valence-corrected chi connectivity index (χ0v) is 49.6. The van der Waals surface area contributed by atoms with Gasteiger partial charge in [0.2, 0.25) is 0 Å². The van der Waals surface area contributed by atoms with Crippen LogP contribution in [0.5, 0.6) is 0 Å². The lowest BCUT2D eigenvalue weighted by Gasteiger charge is -2.45. The average Bonchev–Trinajstić information content (AvgIpc) is 3.39. The summed E-state index contributed by atoms with van der Waals surface area (Å²) < 4.78 is 32.9. The van der Waals surface area contributed by atoms with Crippen LogP contribution in [0.25, 0.3) is 0 Å². The Morgan fingerprint density at radius 3 is 1.37 bits per heavy atom. The van der Waals surface area contributed by atoms with Gasteiger partial charge in [-0.25, -0.2) is 0 Å². The van der Waals surface area contributed by atoms with Crippen molar-refractivity contribution < 1.29 is 32.7 Å². The maximum atomic E-state index is 12.7. The van der Waals surface area contributed by atoms with Gasteiger partial charge in [-0.2, -0.15) is 0 Å². The molecule has 75 heavy (non-hydrogen) atoms. The molecule has 0 saturated heterocycles. The van der Waals surface area contributed by atoms with E-state index in [0.717, 1.165) is 112 Å². The molecule has 0 aliphatic heterocycles. The van der Waals surface area contributed by atoms with Gasteiger partial charge in [0.15, 0.2) is 16.6 Å². The van der Waals surface area contributed by atoms with E-state index in [1.165, 1.54) is 0 Å². The molecule has 2 atom stereocenters. The number of carbonyl (C=O) groups is 2. The van der Waals surface area contributed by atoms with Crippen molar-refractivity contribution >= 4 is 28.6 Å². The minimum atomic E-state index is -2.30. The van der Waals surface area contributed by atoms with Crippen LogP contribution in [-0.2, 0) is 51.5 Å². The number of unbranched alkanes of at least 4 members (excludes halogenated alkanes) is 5. The van der Waals surface area contributed by atoms with E-state index in [4.69, 9.17) is 23.1 Å². The van der Waals surface area contributed by atoms with E-state index in [1.54, 1.807) is 0 Å². The predicted octanol–water partition coefficient (Wildman–Crippen LogP) is 16.2. The van der Waals surface area contributed by atoms with Crippen LogP contribution in [0, 0.1) is 0 Å². The number of rotatable bonds is 34. The second kappa shape index (κ2) is 30.3. The molecule has 5 aromatic rings. The number of hydrogen-bond acceptors (Lipinski definition) is 8. The third-order valence-electron chi connectivity index (χ3n) is 15.6. The summed E-state index contributed by atoms with van der Waals surface area (Å²) in [5.74, 6) is -0.275. The van der Waals surface area contributed by atoms with E-state index in [-0.39, 0.29) is 34.2 Å². The summed E-state index contributed by atoms with van der Waals surface area (Å²) in [5.41, 5.74) is 4.59. The molecule has 0 aliphatic rings. The molecule has 0 radical (unpaired) electrons. The van der Waals surface area contributed by atoms with E-state index in [2.05, 4.69) is 164 Å². The van der Waals surface area contributed by atoms with Gasteiger partial charge in [0.1, 0.15) is 18.8 Å². The highest BCUT2D eigenvalue weighted by atomic mass is 28.4. The van der Waals surface area contributed by atoms with Crippen LogP contribution in [-0.4, -0.2) is 71.9 Å². The van der Waals surface area contributed by atoms with Crippen molar-refractivity contribution in [1.82, 2.24) is 4.90 Å². The van der Waals surface area contributed by atoms with Crippen molar-refractivity contribution in [2.75, 3.05) is 26.2 Å². The van der Waals surface area contributed by atoms with Gasteiger partial charge in [-0.3, -0.25) is 9.59 Å². The standard InChI is InChI=1S/C65H93NO7Si2/c1-54(34-18-11-30-46-61(67)69-51-55-35-19-12-20-36-55)72-75(9,10)64(5,6)53-66(50-60(73-74(7,8)63(2,3)4)45-29-17-31-47-62(68)70-52-56-37-21-13-22-38-56)48-32-33-49-71-65(57-39-23-14-24-40-57,58-41-25-15-26-42-58)59-43-27-16-28-44-59/h12-16,19-28,35-44,54,60H,11,17-18,29-34,45-53H2,1-10H3. The second-order valence-electron chi connectivity index (χ2n) is 23.4. The maximum Gasteiger partial charge on any atom is 0.306 e. The first kappa shape index (κ1) is 61.2. The van der Waals surface area contributed by atoms with Crippen LogP contribution in [0.15, 0.2) is 152 Å². The summed E-state index contributed by atoms with van der Waals surface area (Å²) in [6, 6.07) is 51.7. The molecular formula is C65H93NO7Si2. The molecule has 0 saturated carbocycles. The molecule has 0 bridgehead atoms. The van der Waals surface area contributed by atoms with E-state index < -0.39 is 22.2 Å². The molecule has 5 aromatic carbocycles. The largest absolute Gasteiger partial charge is 0.461 e. The Morgan fingerprint density at radius 2 is 0.933 bits per heavy atom. The van der Waals surface area contributed by atoms with Crippen molar-refractivity contribution in [2.24, 2.45) is 0 Å². The Morgan fingerprint density at radius 1 is 0.507 bits per heavy atom. The maximum absolute atomic E-state index is 12.7. The van der Waals surface area contributed by atoms with Crippen molar-refractivity contribution in [3.05, 3.63) is 179 Å². The summed E-state index contributed by atoms with van der Waals surface area (Å²) in [5, 5.41) is -0.0342. The number of nitrogens with zero attached hydrogens (tertiary/aromatic N) is 1. The number of carbonyl (C=O) groups excluding carboxylic acids is 2. The van der Waals surface area contributed by atoms with Crippen LogP contribution < -0.4 is 0 Å². The Hall–Kier alpha value is -4.69. The Labute approximate surface area is 455 Å². The zero-order chi connectivity index (χ0) is 54.2. The first-order valence-electron chi connectivity index (χ1n) is 28.1. The first-order valence-corrected chi connectivity index (χ1v) is 33.9. The third kappa shape index (κ3) is 20.0. The molecule has 408 valence electrons. The van der Waals surface area contributed by atoms with Crippen LogP contribution in [0.4, 0.5) is 0 Å². The quantitative estimate of drug-likeness (QED) is 0.0174. The lowest BCUT2D eigenvalue weighted by Crippen LogP contribution is -2.52. The van der Waals surface area contributed by atoms with Gasteiger partial charge in [0.05, 0.1) is 6.10 Å². The fourth-order valence-electron chi connectivity index (χ4n) is 9.52. The monoisotopic (exact) mass is 1060 g/mol. The van der Waals surface area contributed by atoms with Gasteiger partial charge in [0.25, 0.3) is 0 Å². The van der Waals surface area contributed by atoms with Crippen molar-refractivity contribution in [2.45, 2.75) is 186 Å². The molecule has 8 nitrogen and oxygen atoms in total. The summed E-state index contributed by atoms with van der Waals surface area (Å²) in [7, 11) is -4.45. The number of benzene rings is 5. The van der Waals surface area contributed by atoms with Gasteiger partial charge >= 0.3 is 11.9 Å². The molecule has 5 rings (SSSR count). The van der Waals surface area contributed by atoms with Crippen molar-refractivity contribution in [3.63, 3.8) is 0 Å². The topological polar surface area (TPSA) is 83.5 Å². The molecule has 0 fully saturated rings. The van der Waals surface area contributed by atoms with E-state index in [9.17, 15) is 9.59 Å². The minimum absolute atomic E-state index is 0.0464. The summed E-state index contributed by atoms with van der Waals surface area (Å²) in [6.07, 6.45) is 10.3. The van der Waals surface area contributed by atoms with Gasteiger partial charge in [-0.1, -0.05) is 212 Å². The van der Waals surface area contributed by atoms with Crippen LogP contribution in [0.2, 0.25) is 36.3 Å². The highest BCUT2D eigenvalue weighted by Gasteiger charge is 2.44. The van der Waals surface area contributed by atoms with Crippen LogP contribution in [0.3, 0.4) is 0 Å². The number of esters is 2. The fourth-order valence-corrected chi connectivity index (χ4v) is 12.9. The molecule has 0 aromatic heterocycles. The molecule has 0 spiro atoms. The summed E-state index contributed by atoms with van der Waals surface area (Å²) >= 11 is 0. The Kier molecular flexibility index (Phi) is 24.7. The SMILES string of the molecule is CC(CCCCCC(=O)OCc1ccccc1)O[Si](C)(C)C(C)(C)CN(CCCCOC(c1ccccc1)(c1ccccc1)c1ccccc1)CC(CCCCCC(=O)OCc1ccccc1)O[Si](C)(C)C(C)(C)C. The molecule has 10 heteroatoms. The average molecular weight is 1060 g/mol. The lowest BCUT2D eigenvalue weighted by atomic mass is 9.80. The highest BCUT2D eigenvalue weighted by Crippen LogP contribution is 2.43. The van der Waals surface area contributed by atoms with Gasteiger partial charge in [-0.05, 0) is 116 Å². The Balaban J connectivity index is 1.27. The molecule has 2 unspecified atom stereocenters. The van der Waals surface area contributed by atoms with E-state index in [1.807, 2.05) is 60.7 Å². The zero-order valence-electron chi connectivity index (χ0n) is 47.6. The van der Waals surface area contributed by atoms with Gasteiger partial charge in [-0.15, -0.1) is 0 Å². The van der Waals surface area contributed by atoms with Crippen LogP contribution in [0.1, 0.15) is 146 Å². The summed E-state index contributed by atoms with van der Waals surface area (Å²) in [4.78, 5) is 27.9. The van der Waals surface area contributed by atoms with Gasteiger partial charge in [0, 0.05) is 38.6 Å². The molecular weight excluding hydrogens is 963 g/mol. The normalized spacial score (nSPS) is 13.4. The summed E-state index contributed by atoms with van der Waals surface area (Å²) in [6.45, 7) is 27.4. The van der Waals surface area contributed by atoms with Crippen molar-refractivity contribution in [3.8, 4) is 0 Å². The first-order chi connectivity index (χ1) is 35.8. The number of ether oxygens (including phenoxy) is 3. The fraction of sp³-hybridized carbons (Fsp3) is 0.508. The molecule has 0 heterocycles. The van der Waals surface area contributed by atoms with Crippen LogP contribution >= 0.6 is 0 Å². The molecule has 0 amide bonds.